The van der Waals surface area contributed by atoms with Crippen LogP contribution in [0.4, 0.5) is 14.9 Å². The second kappa shape index (κ2) is 10.2. The van der Waals surface area contributed by atoms with Crippen LogP contribution in [0.25, 0.3) is 0 Å². The molecule has 0 radical (unpaired) electrons. The van der Waals surface area contributed by atoms with Gasteiger partial charge in [0.05, 0.1) is 33.4 Å². The lowest BCUT2D eigenvalue weighted by molar-refractivity contribution is 0.107. The van der Waals surface area contributed by atoms with Gasteiger partial charge in [0.15, 0.2) is 0 Å². The second-order valence-electron chi connectivity index (χ2n) is 7.49. The molecule has 0 saturated heterocycles. The van der Waals surface area contributed by atoms with Crippen LogP contribution in [-0.2, 0) is 24.5 Å². The summed E-state index contributed by atoms with van der Waals surface area (Å²) in [6, 6.07) is 19.2. The van der Waals surface area contributed by atoms with Gasteiger partial charge in [-0.15, -0.1) is 0 Å². The van der Waals surface area contributed by atoms with Crippen molar-refractivity contribution >= 4 is 11.7 Å². The largest absolute Gasteiger partial charge is 0.497 e. The Morgan fingerprint density at radius 2 is 1.84 bits per heavy atom. The normalized spacial score (nSPS) is 13.0. The second-order valence-corrected chi connectivity index (χ2v) is 7.49. The van der Waals surface area contributed by atoms with E-state index in [1.54, 1.807) is 30.2 Å². The van der Waals surface area contributed by atoms with E-state index in [0.717, 1.165) is 22.4 Å². The topological polar surface area (TPSA) is 60.0 Å². The van der Waals surface area contributed by atoms with Gasteiger partial charge in [0.25, 0.3) is 0 Å². The van der Waals surface area contributed by atoms with Gasteiger partial charge in [-0.05, 0) is 47.5 Å². The number of methoxy groups -OCH3 is 1. The Morgan fingerprint density at radius 1 is 1.06 bits per heavy atom. The third-order valence-corrected chi connectivity index (χ3v) is 5.16. The van der Waals surface area contributed by atoms with E-state index in [4.69, 9.17) is 14.2 Å². The Bertz CT molecular complexity index is 1070. The Kier molecular flexibility index (Phi) is 6.87. The van der Waals surface area contributed by atoms with Crippen LogP contribution >= 0.6 is 0 Å². The first-order chi connectivity index (χ1) is 15.6. The van der Waals surface area contributed by atoms with E-state index in [0.29, 0.717) is 44.3 Å². The van der Waals surface area contributed by atoms with Crippen LogP contribution in [0.3, 0.4) is 0 Å². The number of rotatable bonds is 6. The van der Waals surface area contributed by atoms with Gasteiger partial charge in [0.2, 0.25) is 0 Å². The molecule has 0 aliphatic carbocycles. The molecule has 0 unspecified atom stereocenters. The minimum Gasteiger partial charge on any atom is -0.497 e. The molecular weight excluding hydrogens is 411 g/mol. The summed E-state index contributed by atoms with van der Waals surface area (Å²) in [5, 5.41) is 2.92. The summed E-state index contributed by atoms with van der Waals surface area (Å²) in [4.78, 5) is 14.6. The molecule has 1 aliphatic rings. The van der Waals surface area contributed by atoms with Gasteiger partial charge in [0.1, 0.15) is 23.9 Å². The van der Waals surface area contributed by atoms with Crippen molar-refractivity contribution in [3.05, 3.63) is 89.2 Å². The maximum atomic E-state index is 13.0. The van der Waals surface area contributed by atoms with E-state index >= 15 is 0 Å². The maximum Gasteiger partial charge on any atom is 0.322 e. The van der Waals surface area contributed by atoms with Crippen molar-refractivity contribution in [3.8, 4) is 11.5 Å². The number of anilines is 1. The minimum absolute atomic E-state index is 0.201. The molecule has 166 valence electrons. The van der Waals surface area contributed by atoms with E-state index in [-0.39, 0.29) is 11.8 Å². The summed E-state index contributed by atoms with van der Waals surface area (Å²) in [7, 11) is 1.59. The minimum atomic E-state index is -0.264. The first kappa shape index (κ1) is 21.6. The number of urea groups is 1. The molecule has 0 aromatic heterocycles. The highest BCUT2D eigenvalue weighted by Gasteiger charge is 2.20. The zero-order chi connectivity index (χ0) is 22.3. The molecule has 2 amide bonds. The van der Waals surface area contributed by atoms with Crippen molar-refractivity contribution in [2.45, 2.75) is 19.8 Å². The SMILES string of the molecule is COc1cccc(NC(=O)N2CCOc3ccc(COCc4ccc(F)cc4)cc3C2)c1. The number of hydrogen-bond acceptors (Lipinski definition) is 4. The molecule has 1 N–H and O–H groups in total. The van der Waals surface area contributed by atoms with Gasteiger partial charge in [-0.1, -0.05) is 24.3 Å². The van der Waals surface area contributed by atoms with Crippen LogP contribution in [0.1, 0.15) is 16.7 Å². The summed E-state index contributed by atoms with van der Waals surface area (Å²) < 4.78 is 29.8. The zero-order valence-corrected chi connectivity index (χ0v) is 17.8. The molecule has 1 heterocycles. The number of amides is 2. The third kappa shape index (κ3) is 5.56. The summed E-state index contributed by atoms with van der Waals surface area (Å²) >= 11 is 0. The highest BCUT2D eigenvalue weighted by molar-refractivity contribution is 5.89. The van der Waals surface area contributed by atoms with Crippen LogP contribution in [0, 0.1) is 5.82 Å². The number of benzene rings is 3. The Balaban J connectivity index is 1.38. The van der Waals surface area contributed by atoms with Gasteiger partial charge in [0, 0.05) is 17.3 Å². The highest BCUT2D eigenvalue weighted by Crippen LogP contribution is 2.26. The van der Waals surface area contributed by atoms with Gasteiger partial charge in [-0.3, -0.25) is 0 Å². The third-order valence-electron chi connectivity index (χ3n) is 5.16. The van der Waals surface area contributed by atoms with Crippen LogP contribution < -0.4 is 14.8 Å². The maximum absolute atomic E-state index is 13.0. The number of halogens is 1. The van der Waals surface area contributed by atoms with Crippen molar-refractivity contribution < 1.29 is 23.4 Å². The van der Waals surface area contributed by atoms with Crippen LogP contribution in [-0.4, -0.2) is 31.2 Å². The molecule has 0 atom stereocenters. The number of nitrogens with one attached hydrogen (secondary N) is 1. The number of hydrogen-bond donors (Lipinski definition) is 1. The van der Waals surface area contributed by atoms with Crippen molar-refractivity contribution in [1.29, 1.82) is 0 Å². The predicted octanol–water partition coefficient (Wildman–Crippen LogP) is 4.98. The lowest BCUT2D eigenvalue weighted by atomic mass is 10.1. The summed E-state index contributed by atoms with van der Waals surface area (Å²) in [5.41, 5.74) is 3.48. The lowest BCUT2D eigenvalue weighted by Gasteiger charge is -2.20. The van der Waals surface area contributed by atoms with E-state index in [1.807, 2.05) is 36.4 Å². The standard InChI is InChI=1S/C25H25FN2O4/c1-30-23-4-2-3-22(14-23)27-25(29)28-11-12-32-24-10-7-19(13-20(24)15-28)17-31-16-18-5-8-21(26)9-6-18/h2-10,13-14H,11-12,15-17H2,1H3,(H,27,29). The average Bonchev–Trinajstić information content (AvgIpc) is 3.03. The molecule has 0 saturated carbocycles. The van der Waals surface area contributed by atoms with Crippen molar-refractivity contribution in [1.82, 2.24) is 4.90 Å². The van der Waals surface area contributed by atoms with Gasteiger partial charge < -0.3 is 24.4 Å². The van der Waals surface area contributed by atoms with Crippen molar-refractivity contribution in [2.75, 3.05) is 25.6 Å². The van der Waals surface area contributed by atoms with Gasteiger partial charge in [-0.2, -0.15) is 0 Å². The molecule has 3 aromatic carbocycles. The van der Waals surface area contributed by atoms with E-state index < -0.39 is 0 Å². The molecule has 0 bridgehead atoms. The molecular formula is C25H25FN2O4. The highest BCUT2D eigenvalue weighted by atomic mass is 19.1. The number of carbonyl (C=O) groups is 1. The van der Waals surface area contributed by atoms with Crippen molar-refractivity contribution in [2.24, 2.45) is 0 Å². The fourth-order valence-corrected chi connectivity index (χ4v) is 3.48. The zero-order valence-electron chi connectivity index (χ0n) is 17.8. The average molecular weight is 436 g/mol. The van der Waals surface area contributed by atoms with Gasteiger partial charge >= 0.3 is 6.03 Å². The van der Waals surface area contributed by atoms with Crippen LogP contribution in [0.2, 0.25) is 0 Å². The Morgan fingerprint density at radius 3 is 2.66 bits per heavy atom. The van der Waals surface area contributed by atoms with Gasteiger partial charge in [-0.25, -0.2) is 9.18 Å². The summed E-state index contributed by atoms with van der Waals surface area (Å²) in [6.07, 6.45) is 0. The monoisotopic (exact) mass is 436 g/mol. The Labute approximate surface area is 186 Å². The lowest BCUT2D eigenvalue weighted by Crippen LogP contribution is -2.36. The first-order valence-electron chi connectivity index (χ1n) is 10.4. The first-order valence-corrected chi connectivity index (χ1v) is 10.4. The molecule has 1 aliphatic heterocycles. The molecule has 3 aromatic rings. The smallest absolute Gasteiger partial charge is 0.322 e. The molecule has 0 spiro atoms. The summed E-state index contributed by atoms with van der Waals surface area (Å²) in [6.45, 7) is 2.11. The fraction of sp³-hybridized carbons (Fsp3) is 0.240. The molecule has 32 heavy (non-hydrogen) atoms. The van der Waals surface area contributed by atoms with Crippen molar-refractivity contribution in [3.63, 3.8) is 0 Å². The predicted molar refractivity (Wildman–Crippen MR) is 119 cm³/mol. The van der Waals surface area contributed by atoms with Crippen LogP contribution in [0.5, 0.6) is 11.5 Å². The molecule has 7 heteroatoms. The van der Waals surface area contributed by atoms with E-state index in [1.165, 1.54) is 12.1 Å². The summed E-state index contributed by atoms with van der Waals surface area (Å²) in [5.74, 6) is 1.18. The van der Waals surface area contributed by atoms with Crippen LogP contribution in [0.15, 0.2) is 66.7 Å². The number of fused-ring (bicyclic) bond motifs is 1. The molecule has 4 rings (SSSR count). The number of ether oxygens (including phenoxy) is 3. The van der Waals surface area contributed by atoms with E-state index in [2.05, 4.69) is 5.32 Å². The Hall–Kier alpha value is -3.58. The fourth-order valence-electron chi connectivity index (χ4n) is 3.48. The number of nitrogens with zero attached hydrogens (tertiary/aromatic N) is 1. The molecule has 6 nitrogen and oxygen atoms in total. The quantitative estimate of drug-likeness (QED) is 0.592. The number of carbonyl (C=O) groups excluding carboxylic acids is 1. The molecule has 0 fully saturated rings. The van der Waals surface area contributed by atoms with E-state index in [9.17, 15) is 9.18 Å².